The van der Waals surface area contributed by atoms with Crippen molar-refractivity contribution >= 4 is 18.6 Å². The van der Waals surface area contributed by atoms with E-state index in [-0.39, 0.29) is 23.7 Å². The summed E-state index contributed by atoms with van der Waals surface area (Å²) in [5, 5.41) is 5.50. The fraction of sp³-hybridized carbons (Fsp3) is 0.526. The molecule has 1 unspecified atom stereocenters. The van der Waals surface area contributed by atoms with Crippen LogP contribution in [0.2, 0.25) is 0 Å². The third-order valence-corrected chi connectivity index (χ3v) is 4.43. The van der Waals surface area contributed by atoms with E-state index in [0.717, 1.165) is 12.0 Å². The lowest BCUT2D eigenvalue weighted by Crippen LogP contribution is -2.45. The van der Waals surface area contributed by atoms with Gasteiger partial charge in [0.2, 0.25) is 5.91 Å². The van der Waals surface area contributed by atoms with Gasteiger partial charge < -0.3 is 15.0 Å². The summed E-state index contributed by atoms with van der Waals surface area (Å²) >= 11 is 0. The Balaban J connectivity index is 0.00000139. The molecule has 0 aliphatic carbocycles. The fourth-order valence-corrected chi connectivity index (χ4v) is 3.10. The average Bonchev–Trinajstić information content (AvgIpc) is 3.10. The lowest BCUT2D eigenvalue weighted by molar-refractivity contribution is -0.152. The van der Waals surface area contributed by atoms with Crippen LogP contribution in [0.1, 0.15) is 32.3 Å². The molecule has 5 nitrogen and oxygen atoms in total. The standard InChI is InChI=1S/C18H25NO3.CH3N/c1-13(2)15(12-14-8-5-4-6-9-14)17(20)19-11-7-10-16(19)18(21)22-3;1-2/h4-6,8-9,13,15-16H,7,10-12H2,1-3H3;2H,1H2/t15?,16-;/m0./s1. The molecule has 1 aliphatic rings. The van der Waals surface area contributed by atoms with E-state index in [2.05, 4.69) is 20.6 Å². The third-order valence-electron chi connectivity index (χ3n) is 4.43. The van der Waals surface area contributed by atoms with Crippen molar-refractivity contribution in [2.75, 3.05) is 13.7 Å². The maximum Gasteiger partial charge on any atom is 0.328 e. The Bertz CT molecular complexity index is 531. The summed E-state index contributed by atoms with van der Waals surface area (Å²) in [5.74, 6) is -0.0981. The Labute approximate surface area is 144 Å². The van der Waals surface area contributed by atoms with Gasteiger partial charge in [0.25, 0.3) is 0 Å². The number of esters is 1. The van der Waals surface area contributed by atoms with Crippen molar-refractivity contribution < 1.29 is 14.3 Å². The SMILES string of the molecule is C=N.COC(=O)[C@@H]1CCCN1C(=O)C(Cc1ccccc1)C(C)C. The van der Waals surface area contributed by atoms with Crippen LogP contribution in [0.25, 0.3) is 0 Å². The second-order valence-electron chi connectivity index (χ2n) is 6.25. The van der Waals surface area contributed by atoms with Gasteiger partial charge in [-0.25, -0.2) is 4.79 Å². The zero-order valence-corrected chi connectivity index (χ0v) is 14.8. The Morgan fingerprint density at radius 3 is 2.46 bits per heavy atom. The number of carbonyl (C=O) groups is 2. The summed E-state index contributed by atoms with van der Waals surface area (Å²) < 4.78 is 4.84. The molecule has 2 atom stereocenters. The number of methoxy groups -OCH3 is 1. The molecule has 0 radical (unpaired) electrons. The van der Waals surface area contributed by atoms with E-state index in [4.69, 9.17) is 10.1 Å². The van der Waals surface area contributed by atoms with Crippen molar-refractivity contribution in [1.82, 2.24) is 4.90 Å². The smallest absolute Gasteiger partial charge is 0.328 e. The van der Waals surface area contributed by atoms with Crippen LogP contribution in [0, 0.1) is 17.2 Å². The van der Waals surface area contributed by atoms with Crippen LogP contribution in [0.15, 0.2) is 30.3 Å². The number of ether oxygens (including phenoxy) is 1. The minimum absolute atomic E-state index is 0.0757. The first-order chi connectivity index (χ1) is 11.5. The summed E-state index contributed by atoms with van der Waals surface area (Å²) in [6.07, 6.45) is 2.28. The van der Waals surface area contributed by atoms with Crippen molar-refractivity contribution in [3.8, 4) is 0 Å². The van der Waals surface area contributed by atoms with Crippen molar-refractivity contribution in [3.05, 3.63) is 35.9 Å². The molecule has 1 heterocycles. The monoisotopic (exact) mass is 332 g/mol. The quantitative estimate of drug-likeness (QED) is 0.666. The van der Waals surface area contributed by atoms with Gasteiger partial charge in [0.1, 0.15) is 6.04 Å². The van der Waals surface area contributed by atoms with Crippen molar-refractivity contribution in [3.63, 3.8) is 0 Å². The molecule has 24 heavy (non-hydrogen) atoms. The Morgan fingerprint density at radius 2 is 1.92 bits per heavy atom. The second-order valence-corrected chi connectivity index (χ2v) is 6.25. The maximum atomic E-state index is 12.9. The topological polar surface area (TPSA) is 70.5 Å². The number of benzene rings is 1. The number of carbonyl (C=O) groups excluding carboxylic acids is 2. The molecule has 132 valence electrons. The normalized spacial score (nSPS) is 17.8. The summed E-state index contributed by atoms with van der Waals surface area (Å²) in [6.45, 7) is 7.28. The molecule has 0 bridgehead atoms. The molecule has 1 amide bonds. The molecule has 1 aromatic rings. The highest BCUT2D eigenvalue weighted by Gasteiger charge is 2.38. The van der Waals surface area contributed by atoms with Crippen molar-refractivity contribution in [2.45, 2.75) is 39.2 Å². The van der Waals surface area contributed by atoms with Crippen LogP contribution >= 0.6 is 0 Å². The maximum absolute atomic E-state index is 12.9. The molecule has 2 rings (SSSR count). The molecule has 5 heteroatoms. The Hall–Kier alpha value is -2.17. The molecule has 1 N–H and O–H groups in total. The largest absolute Gasteiger partial charge is 0.467 e. The van der Waals surface area contributed by atoms with Gasteiger partial charge in [0.05, 0.1) is 7.11 Å². The lowest BCUT2D eigenvalue weighted by Gasteiger charge is -2.29. The van der Waals surface area contributed by atoms with Gasteiger partial charge in [0.15, 0.2) is 0 Å². The van der Waals surface area contributed by atoms with E-state index < -0.39 is 6.04 Å². The van der Waals surface area contributed by atoms with E-state index in [1.165, 1.54) is 7.11 Å². The van der Waals surface area contributed by atoms with E-state index in [0.29, 0.717) is 19.4 Å². The van der Waals surface area contributed by atoms with E-state index in [1.807, 2.05) is 30.3 Å². The van der Waals surface area contributed by atoms with Crippen molar-refractivity contribution in [2.24, 2.45) is 11.8 Å². The van der Waals surface area contributed by atoms with Gasteiger partial charge in [-0.2, -0.15) is 0 Å². The van der Waals surface area contributed by atoms with Crippen LogP contribution in [-0.4, -0.2) is 43.2 Å². The van der Waals surface area contributed by atoms with Gasteiger partial charge in [-0.05, 0) is 37.5 Å². The summed E-state index contributed by atoms with van der Waals surface area (Å²) in [7, 11) is 1.38. The number of amides is 1. The molecule has 1 fully saturated rings. The van der Waals surface area contributed by atoms with Crippen LogP contribution < -0.4 is 0 Å². The average molecular weight is 332 g/mol. The number of hydrogen-bond acceptors (Lipinski definition) is 4. The van der Waals surface area contributed by atoms with Crippen LogP contribution in [0.4, 0.5) is 0 Å². The Morgan fingerprint density at radius 1 is 1.29 bits per heavy atom. The second kappa shape index (κ2) is 9.85. The van der Waals surface area contributed by atoms with Crippen LogP contribution in [0.3, 0.4) is 0 Å². The minimum Gasteiger partial charge on any atom is -0.467 e. The third kappa shape index (κ3) is 4.91. The summed E-state index contributed by atoms with van der Waals surface area (Å²) in [5.41, 5.74) is 1.16. The van der Waals surface area contributed by atoms with E-state index in [1.54, 1.807) is 4.90 Å². The lowest BCUT2D eigenvalue weighted by atomic mass is 9.87. The highest BCUT2D eigenvalue weighted by atomic mass is 16.5. The van der Waals surface area contributed by atoms with E-state index >= 15 is 0 Å². The van der Waals surface area contributed by atoms with Crippen LogP contribution in [0.5, 0.6) is 0 Å². The molecule has 1 aromatic carbocycles. The van der Waals surface area contributed by atoms with Gasteiger partial charge in [-0.1, -0.05) is 44.2 Å². The number of likely N-dealkylation sites (tertiary alicyclic amines) is 1. The zero-order chi connectivity index (χ0) is 18.1. The van der Waals surface area contributed by atoms with Crippen molar-refractivity contribution in [1.29, 1.82) is 5.41 Å². The van der Waals surface area contributed by atoms with Gasteiger partial charge in [-0.3, -0.25) is 4.79 Å². The fourth-order valence-electron chi connectivity index (χ4n) is 3.10. The number of nitrogens with one attached hydrogen (secondary N) is 1. The zero-order valence-electron chi connectivity index (χ0n) is 14.8. The predicted molar refractivity (Wildman–Crippen MR) is 95.1 cm³/mol. The summed E-state index contributed by atoms with van der Waals surface area (Å²) in [6, 6.07) is 9.64. The van der Waals surface area contributed by atoms with Gasteiger partial charge in [-0.15, -0.1) is 0 Å². The molecule has 1 saturated heterocycles. The number of nitrogens with zero attached hydrogens (tertiary/aromatic N) is 1. The first kappa shape index (κ1) is 19.9. The molecule has 0 spiro atoms. The van der Waals surface area contributed by atoms with E-state index in [9.17, 15) is 9.59 Å². The highest BCUT2D eigenvalue weighted by Crippen LogP contribution is 2.26. The first-order valence-electron chi connectivity index (χ1n) is 8.32. The molecular weight excluding hydrogens is 304 g/mol. The predicted octanol–water partition coefficient (Wildman–Crippen LogP) is 2.93. The number of rotatable bonds is 5. The molecule has 1 aliphatic heterocycles. The van der Waals surface area contributed by atoms with Gasteiger partial charge in [0, 0.05) is 12.5 Å². The Kier molecular flexibility index (Phi) is 8.16. The van der Waals surface area contributed by atoms with Crippen LogP contribution in [-0.2, 0) is 20.7 Å². The molecule has 0 saturated carbocycles. The number of hydrogen-bond donors (Lipinski definition) is 1. The van der Waals surface area contributed by atoms with Gasteiger partial charge >= 0.3 is 5.97 Å². The molecule has 0 aromatic heterocycles. The highest BCUT2D eigenvalue weighted by molar-refractivity contribution is 5.86. The molecular formula is C19H28N2O3. The first-order valence-corrected chi connectivity index (χ1v) is 8.32. The summed E-state index contributed by atoms with van der Waals surface area (Å²) in [4.78, 5) is 26.5. The minimum atomic E-state index is -0.408.